The Morgan fingerprint density at radius 1 is 1.29 bits per heavy atom. The summed E-state index contributed by atoms with van der Waals surface area (Å²) in [6, 6.07) is 4.91. The van der Waals surface area contributed by atoms with Crippen molar-refractivity contribution < 1.29 is 9.72 Å². The highest BCUT2D eigenvalue weighted by Gasteiger charge is 2.42. The Kier molecular flexibility index (Phi) is 3.96. The monoisotopic (exact) mass is 362 g/mol. The van der Waals surface area contributed by atoms with Crippen LogP contribution >= 0.6 is 23.4 Å². The van der Waals surface area contributed by atoms with E-state index in [4.69, 9.17) is 16.6 Å². The van der Waals surface area contributed by atoms with Crippen molar-refractivity contribution in [1.82, 2.24) is 0 Å². The van der Waals surface area contributed by atoms with Crippen LogP contribution in [-0.2, 0) is 4.79 Å². The van der Waals surface area contributed by atoms with Crippen molar-refractivity contribution in [3.05, 3.63) is 50.2 Å². The van der Waals surface area contributed by atoms with E-state index in [1.165, 1.54) is 6.07 Å². The van der Waals surface area contributed by atoms with E-state index in [0.717, 1.165) is 41.1 Å². The van der Waals surface area contributed by atoms with E-state index < -0.39 is 4.92 Å². The smallest absolute Gasteiger partial charge is 0.288 e. The molecule has 1 fully saturated rings. The van der Waals surface area contributed by atoms with Gasteiger partial charge in [-0.3, -0.25) is 19.9 Å². The molecule has 7 heteroatoms. The minimum absolute atomic E-state index is 0.0975. The largest absolute Gasteiger partial charge is 0.294 e. The molecule has 2 unspecified atom stereocenters. The fraction of sp³-hybridized carbons (Fsp3) is 0.412. The van der Waals surface area contributed by atoms with E-state index in [2.05, 4.69) is 0 Å². The highest BCUT2D eigenvalue weighted by Crippen LogP contribution is 2.48. The molecule has 1 aromatic carbocycles. The summed E-state index contributed by atoms with van der Waals surface area (Å²) < 4.78 is 0. The van der Waals surface area contributed by atoms with Crippen molar-refractivity contribution >= 4 is 40.5 Å². The van der Waals surface area contributed by atoms with E-state index in [1.54, 1.807) is 17.8 Å². The van der Waals surface area contributed by atoms with Crippen LogP contribution in [0.15, 0.2) is 34.5 Å². The molecule has 0 bridgehead atoms. The number of hydrogen-bond acceptors (Lipinski definition) is 5. The molecule has 3 aliphatic rings. The maximum Gasteiger partial charge on any atom is 0.288 e. The SMILES string of the molecule is O=C1CCC2=C1C(c1ccc(Cl)c([N+](=O)[O-])c1)C1SCCCC1=N2. The Bertz CT molecular complexity index is 818. The molecule has 2 heterocycles. The second kappa shape index (κ2) is 6.01. The van der Waals surface area contributed by atoms with Gasteiger partial charge in [0, 0.05) is 35.4 Å². The van der Waals surface area contributed by atoms with E-state index in [0.29, 0.717) is 12.8 Å². The summed E-state index contributed by atoms with van der Waals surface area (Å²) in [5, 5.41) is 11.5. The van der Waals surface area contributed by atoms with Gasteiger partial charge in [-0.25, -0.2) is 0 Å². The molecule has 4 rings (SSSR count). The number of carbonyl (C=O) groups is 1. The second-order valence-corrected chi connectivity index (χ2v) is 7.88. The number of hydrogen-bond donors (Lipinski definition) is 0. The molecule has 1 saturated heterocycles. The average Bonchev–Trinajstić information content (AvgIpc) is 2.94. The number of benzene rings is 1. The Labute approximate surface area is 148 Å². The number of nitro benzene ring substituents is 1. The number of halogens is 1. The third-order valence-corrected chi connectivity index (χ3v) is 6.57. The van der Waals surface area contributed by atoms with E-state index >= 15 is 0 Å². The number of rotatable bonds is 2. The lowest BCUT2D eigenvalue weighted by molar-refractivity contribution is -0.384. The average molecular weight is 363 g/mol. The first-order valence-corrected chi connectivity index (χ1v) is 9.38. The van der Waals surface area contributed by atoms with Crippen LogP contribution < -0.4 is 0 Å². The minimum atomic E-state index is -0.469. The summed E-state index contributed by atoms with van der Waals surface area (Å²) in [5.41, 5.74) is 3.46. The lowest BCUT2D eigenvalue weighted by Crippen LogP contribution is -2.34. The summed E-state index contributed by atoms with van der Waals surface area (Å²) in [7, 11) is 0. The maximum absolute atomic E-state index is 12.5. The Balaban J connectivity index is 1.86. The minimum Gasteiger partial charge on any atom is -0.294 e. The van der Waals surface area contributed by atoms with Crippen LogP contribution in [0.4, 0.5) is 5.69 Å². The van der Waals surface area contributed by atoms with Crippen molar-refractivity contribution in [3.63, 3.8) is 0 Å². The predicted octanol–water partition coefficient (Wildman–Crippen LogP) is 4.30. The summed E-state index contributed by atoms with van der Waals surface area (Å²) >= 11 is 7.76. The molecule has 0 radical (unpaired) electrons. The van der Waals surface area contributed by atoms with Gasteiger partial charge in [-0.05, 0) is 36.6 Å². The predicted molar refractivity (Wildman–Crippen MR) is 95.0 cm³/mol. The quantitative estimate of drug-likeness (QED) is 0.580. The fourth-order valence-electron chi connectivity index (χ4n) is 3.77. The van der Waals surface area contributed by atoms with Crippen molar-refractivity contribution in [3.8, 4) is 0 Å². The molecule has 24 heavy (non-hydrogen) atoms. The molecule has 0 N–H and O–H groups in total. The van der Waals surface area contributed by atoms with Gasteiger partial charge in [-0.2, -0.15) is 11.8 Å². The van der Waals surface area contributed by atoms with Crippen LogP contribution in [0.5, 0.6) is 0 Å². The number of thioether (sulfide) groups is 1. The topological polar surface area (TPSA) is 72.6 Å². The van der Waals surface area contributed by atoms with Gasteiger partial charge in [0.2, 0.25) is 0 Å². The van der Waals surface area contributed by atoms with Crippen LogP contribution in [0.2, 0.25) is 5.02 Å². The molecule has 2 aliphatic heterocycles. The third kappa shape index (κ3) is 2.48. The highest BCUT2D eigenvalue weighted by molar-refractivity contribution is 8.00. The van der Waals surface area contributed by atoms with Crippen molar-refractivity contribution in [2.45, 2.75) is 36.9 Å². The van der Waals surface area contributed by atoms with E-state index in [9.17, 15) is 14.9 Å². The van der Waals surface area contributed by atoms with Crippen LogP contribution in [0.3, 0.4) is 0 Å². The molecule has 1 aromatic rings. The molecule has 124 valence electrons. The third-order valence-electron chi connectivity index (χ3n) is 4.82. The van der Waals surface area contributed by atoms with Gasteiger partial charge >= 0.3 is 0 Å². The summed E-state index contributed by atoms with van der Waals surface area (Å²) in [4.78, 5) is 28.0. The van der Waals surface area contributed by atoms with Gasteiger partial charge in [0.1, 0.15) is 5.02 Å². The van der Waals surface area contributed by atoms with Crippen LogP contribution in [-0.4, -0.2) is 27.4 Å². The summed E-state index contributed by atoms with van der Waals surface area (Å²) in [6.07, 6.45) is 3.20. The molecule has 5 nitrogen and oxygen atoms in total. The highest BCUT2D eigenvalue weighted by atomic mass is 35.5. The van der Waals surface area contributed by atoms with E-state index in [-0.39, 0.29) is 27.7 Å². The van der Waals surface area contributed by atoms with Crippen molar-refractivity contribution in [2.75, 3.05) is 5.75 Å². The molecule has 0 spiro atoms. The number of ketones is 1. The number of Topliss-reactive ketones (excluding diaryl/α,β-unsaturated/α-hetero) is 1. The molecule has 0 aromatic heterocycles. The van der Waals surface area contributed by atoms with Gasteiger partial charge in [0.25, 0.3) is 5.69 Å². The molecule has 0 amide bonds. The first-order valence-electron chi connectivity index (χ1n) is 7.95. The van der Waals surface area contributed by atoms with Gasteiger partial charge in [0.05, 0.1) is 10.2 Å². The van der Waals surface area contributed by atoms with Crippen molar-refractivity contribution in [2.24, 2.45) is 4.99 Å². The Morgan fingerprint density at radius 3 is 2.92 bits per heavy atom. The first-order chi connectivity index (χ1) is 11.6. The Hall–Kier alpha value is -1.66. The van der Waals surface area contributed by atoms with Crippen LogP contribution in [0.1, 0.15) is 37.2 Å². The van der Waals surface area contributed by atoms with Gasteiger partial charge in [-0.1, -0.05) is 17.7 Å². The van der Waals surface area contributed by atoms with Crippen molar-refractivity contribution in [1.29, 1.82) is 0 Å². The van der Waals surface area contributed by atoms with Gasteiger partial charge < -0.3 is 0 Å². The molecule has 2 atom stereocenters. The standard InChI is InChI=1S/C17H15ClN2O3S/c18-10-4-3-9(8-13(10)20(22)23)15-16-11(5-6-14(16)21)19-12-2-1-7-24-17(12)15/h3-4,8,15,17H,1-2,5-7H2. The maximum atomic E-state index is 12.5. The number of carbonyl (C=O) groups excluding carboxylic acids is 1. The van der Waals surface area contributed by atoms with Gasteiger partial charge in [0.15, 0.2) is 5.78 Å². The van der Waals surface area contributed by atoms with Gasteiger partial charge in [-0.15, -0.1) is 0 Å². The summed E-state index contributed by atoms with van der Waals surface area (Å²) in [5.74, 6) is 0.998. The lowest BCUT2D eigenvalue weighted by Gasteiger charge is -2.35. The van der Waals surface area contributed by atoms with Crippen LogP contribution in [0, 0.1) is 10.1 Å². The van der Waals surface area contributed by atoms with E-state index in [1.807, 2.05) is 6.07 Å². The van der Waals surface area contributed by atoms with Crippen LogP contribution in [0.25, 0.3) is 0 Å². The lowest BCUT2D eigenvalue weighted by atomic mass is 9.82. The number of allylic oxidation sites excluding steroid dienone is 2. The number of nitrogens with zero attached hydrogens (tertiary/aromatic N) is 2. The summed E-state index contributed by atoms with van der Waals surface area (Å²) in [6.45, 7) is 0. The second-order valence-electron chi connectivity index (χ2n) is 6.23. The molecular weight excluding hydrogens is 348 g/mol. The first kappa shape index (κ1) is 15.8. The number of fused-ring (bicyclic) bond motifs is 1. The zero-order chi connectivity index (χ0) is 16.8. The number of nitro groups is 1. The number of aliphatic imine (C=N–C) groups is 1. The molecule has 1 aliphatic carbocycles. The molecule has 0 saturated carbocycles. The zero-order valence-electron chi connectivity index (χ0n) is 12.8. The molecular formula is C17H15ClN2O3S. The zero-order valence-corrected chi connectivity index (χ0v) is 14.4. The Morgan fingerprint density at radius 2 is 2.12 bits per heavy atom. The fourth-order valence-corrected chi connectivity index (χ4v) is 5.37. The normalized spacial score (nSPS) is 26.0.